The minimum absolute atomic E-state index is 0.00107. The monoisotopic (exact) mass is 372 g/mol. The Morgan fingerprint density at radius 1 is 1.27 bits per heavy atom. The molecule has 140 valence electrons. The van der Waals surface area contributed by atoms with Gasteiger partial charge in [0, 0.05) is 44.6 Å². The lowest BCUT2D eigenvalue weighted by molar-refractivity contribution is 0.0267. The summed E-state index contributed by atoms with van der Waals surface area (Å²) in [7, 11) is 1.91. The normalized spacial score (nSPS) is 21.7. The SMILES string of the molecule is C[C@H]1CN(Cc2ccccc2)C[C@H](C)C1N(C)C(=O)c1csc(CN)n1. The zero-order chi connectivity index (χ0) is 18.7. The summed E-state index contributed by atoms with van der Waals surface area (Å²) < 4.78 is 0. The number of aromatic nitrogens is 1. The highest BCUT2D eigenvalue weighted by Gasteiger charge is 2.37. The van der Waals surface area contributed by atoms with E-state index in [0.29, 0.717) is 24.1 Å². The quantitative estimate of drug-likeness (QED) is 0.877. The molecule has 1 saturated heterocycles. The van der Waals surface area contributed by atoms with Crippen molar-refractivity contribution in [1.29, 1.82) is 0 Å². The molecule has 1 amide bonds. The van der Waals surface area contributed by atoms with Gasteiger partial charge in [-0.2, -0.15) is 0 Å². The number of benzene rings is 1. The molecule has 0 aliphatic carbocycles. The Bertz CT molecular complexity index is 720. The second-order valence-corrected chi connectivity index (χ2v) is 8.31. The molecule has 1 aliphatic heterocycles. The summed E-state index contributed by atoms with van der Waals surface area (Å²) in [6.45, 7) is 7.82. The van der Waals surface area contributed by atoms with Crippen molar-refractivity contribution in [2.75, 3.05) is 20.1 Å². The Morgan fingerprint density at radius 3 is 2.50 bits per heavy atom. The Morgan fingerprint density at radius 2 is 1.92 bits per heavy atom. The van der Waals surface area contributed by atoms with E-state index in [-0.39, 0.29) is 11.9 Å². The number of nitrogens with two attached hydrogens (primary N) is 1. The fraction of sp³-hybridized carbons (Fsp3) is 0.500. The van der Waals surface area contributed by atoms with E-state index in [0.717, 1.165) is 24.6 Å². The predicted molar refractivity (Wildman–Crippen MR) is 106 cm³/mol. The summed E-state index contributed by atoms with van der Waals surface area (Å²) in [5, 5.41) is 2.63. The lowest BCUT2D eigenvalue weighted by atomic mass is 9.84. The second kappa shape index (κ2) is 8.29. The minimum atomic E-state index is 0.00107. The molecule has 2 atom stereocenters. The van der Waals surface area contributed by atoms with Crippen molar-refractivity contribution < 1.29 is 4.79 Å². The first-order valence-electron chi connectivity index (χ1n) is 9.17. The zero-order valence-electron chi connectivity index (χ0n) is 15.8. The van der Waals surface area contributed by atoms with E-state index in [2.05, 4.69) is 54.1 Å². The molecular formula is C20H28N4OS. The van der Waals surface area contributed by atoms with Crippen molar-refractivity contribution in [2.45, 2.75) is 33.0 Å². The Labute approximate surface area is 159 Å². The first kappa shape index (κ1) is 19.0. The molecule has 2 aromatic rings. The topological polar surface area (TPSA) is 62.5 Å². The number of hydrogen-bond acceptors (Lipinski definition) is 5. The van der Waals surface area contributed by atoms with Crippen molar-refractivity contribution in [3.8, 4) is 0 Å². The van der Waals surface area contributed by atoms with Crippen LogP contribution in [0.5, 0.6) is 0 Å². The van der Waals surface area contributed by atoms with Gasteiger partial charge in [0.05, 0.1) is 0 Å². The summed E-state index contributed by atoms with van der Waals surface area (Å²) in [5.41, 5.74) is 7.48. The Hall–Kier alpha value is -1.76. The number of likely N-dealkylation sites (tertiary alicyclic amines) is 1. The van der Waals surface area contributed by atoms with E-state index in [9.17, 15) is 4.79 Å². The maximum absolute atomic E-state index is 12.9. The lowest BCUT2D eigenvalue weighted by Gasteiger charge is -2.45. The van der Waals surface area contributed by atoms with Gasteiger partial charge in [0.1, 0.15) is 10.7 Å². The average Bonchev–Trinajstić information content (AvgIpc) is 3.10. The summed E-state index contributed by atoms with van der Waals surface area (Å²) in [6.07, 6.45) is 0. The first-order chi connectivity index (χ1) is 12.5. The number of carbonyl (C=O) groups is 1. The molecule has 1 aromatic heterocycles. The van der Waals surface area contributed by atoms with Gasteiger partial charge in [0.15, 0.2) is 0 Å². The van der Waals surface area contributed by atoms with Crippen LogP contribution in [0.1, 0.15) is 34.9 Å². The third kappa shape index (κ3) is 4.14. The van der Waals surface area contributed by atoms with Gasteiger partial charge >= 0.3 is 0 Å². The van der Waals surface area contributed by atoms with Crippen LogP contribution in [-0.4, -0.2) is 46.9 Å². The van der Waals surface area contributed by atoms with Crippen molar-refractivity contribution in [2.24, 2.45) is 17.6 Å². The maximum atomic E-state index is 12.9. The van der Waals surface area contributed by atoms with E-state index in [1.165, 1.54) is 16.9 Å². The van der Waals surface area contributed by atoms with E-state index in [1.807, 2.05) is 17.3 Å². The average molecular weight is 373 g/mol. The lowest BCUT2D eigenvalue weighted by Crippen LogP contribution is -2.55. The van der Waals surface area contributed by atoms with Gasteiger partial charge < -0.3 is 10.6 Å². The summed E-state index contributed by atoms with van der Waals surface area (Å²) in [6, 6.07) is 10.8. The molecule has 26 heavy (non-hydrogen) atoms. The van der Waals surface area contributed by atoms with E-state index in [4.69, 9.17) is 5.73 Å². The molecule has 2 heterocycles. The molecule has 5 nitrogen and oxygen atoms in total. The molecule has 0 saturated carbocycles. The minimum Gasteiger partial charge on any atom is -0.337 e. The van der Waals surface area contributed by atoms with Crippen molar-refractivity contribution in [1.82, 2.24) is 14.8 Å². The number of carbonyl (C=O) groups excluding carboxylic acids is 1. The smallest absolute Gasteiger partial charge is 0.273 e. The molecule has 0 spiro atoms. The van der Waals surface area contributed by atoms with E-state index >= 15 is 0 Å². The molecule has 1 aliphatic rings. The molecule has 1 fully saturated rings. The van der Waals surface area contributed by atoms with Crippen molar-refractivity contribution >= 4 is 17.2 Å². The van der Waals surface area contributed by atoms with E-state index < -0.39 is 0 Å². The predicted octanol–water partition coefficient (Wildman–Crippen LogP) is 2.83. The zero-order valence-corrected chi connectivity index (χ0v) is 16.6. The van der Waals surface area contributed by atoms with Gasteiger partial charge in [-0.15, -0.1) is 11.3 Å². The van der Waals surface area contributed by atoms with Gasteiger partial charge in [-0.3, -0.25) is 9.69 Å². The molecule has 2 N–H and O–H groups in total. The fourth-order valence-corrected chi connectivity index (χ4v) is 4.87. The summed E-state index contributed by atoms with van der Waals surface area (Å²) in [4.78, 5) is 21.6. The number of rotatable bonds is 5. The van der Waals surface area contributed by atoms with Crippen LogP contribution in [-0.2, 0) is 13.1 Å². The molecule has 3 rings (SSSR count). The van der Waals surface area contributed by atoms with Gasteiger partial charge in [0.25, 0.3) is 5.91 Å². The Balaban J connectivity index is 1.66. The highest BCUT2D eigenvalue weighted by atomic mass is 32.1. The summed E-state index contributed by atoms with van der Waals surface area (Å²) in [5.74, 6) is 0.814. The van der Waals surface area contributed by atoms with Crippen LogP contribution in [0.3, 0.4) is 0 Å². The van der Waals surface area contributed by atoms with Gasteiger partial charge in [-0.05, 0) is 17.4 Å². The van der Waals surface area contributed by atoms with Crippen LogP contribution in [0, 0.1) is 11.8 Å². The highest BCUT2D eigenvalue weighted by Crippen LogP contribution is 2.28. The second-order valence-electron chi connectivity index (χ2n) is 7.37. The van der Waals surface area contributed by atoms with Crippen molar-refractivity contribution in [3.63, 3.8) is 0 Å². The first-order valence-corrected chi connectivity index (χ1v) is 10.1. The van der Waals surface area contributed by atoms with Crippen LogP contribution in [0.4, 0.5) is 0 Å². The fourth-order valence-electron chi connectivity index (χ4n) is 4.22. The van der Waals surface area contributed by atoms with Crippen LogP contribution in [0.2, 0.25) is 0 Å². The maximum Gasteiger partial charge on any atom is 0.273 e. The standard InChI is InChI=1S/C20H28N4OS/c1-14-10-24(12-16-7-5-4-6-8-16)11-15(2)19(14)23(3)20(25)17-13-26-18(9-21)22-17/h4-8,13-15,19H,9-12,21H2,1-3H3/t14-,15-/m0/s1. The highest BCUT2D eigenvalue weighted by molar-refractivity contribution is 7.09. The molecule has 6 heteroatoms. The van der Waals surface area contributed by atoms with Crippen LogP contribution in [0.25, 0.3) is 0 Å². The van der Waals surface area contributed by atoms with Gasteiger partial charge in [-0.25, -0.2) is 4.98 Å². The van der Waals surface area contributed by atoms with Gasteiger partial charge in [0.2, 0.25) is 0 Å². The third-order valence-electron chi connectivity index (χ3n) is 5.22. The van der Waals surface area contributed by atoms with Gasteiger partial charge in [-0.1, -0.05) is 44.2 Å². The van der Waals surface area contributed by atoms with Crippen LogP contribution < -0.4 is 5.73 Å². The largest absolute Gasteiger partial charge is 0.337 e. The van der Waals surface area contributed by atoms with E-state index in [1.54, 1.807) is 0 Å². The number of piperidine rings is 1. The molecular weight excluding hydrogens is 344 g/mol. The molecule has 0 bridgehead atoms. The number of thiazole rings is 1. The molecule has 1 aromatic carbocycles. The van der Waals surface area contributed by atoms with Crippen LogP contribution >= 0.6 is 11.3 Å². The van der Waals surface area contributed by atoms with Crippen LogP contribution in [0.15, 0.2) is 35.7 Å². The number of nitrogens with zero attached hydrogens (tertiary/aromatic N) is 3. The third-order valence-corrected chi connectivity index (χ3v) is 6.09. The Kier molecular flexibility index (Phi) is 6.06. The summed E-state index contributed by atoms with van der Waals surface area (Å²) >= 11 is 1.45. The van der Waals surface area contributed by atoms with Crippen molar-refractivity contribution in [3.05, 3.63) is 52.0 Å². The number of amides is 1. The number of hydrogen-bond donors (Lipinski definition) is 1. The molecule has 0 unspecified atom stereocenters. The molecule has 0 radical (unpaired) electrons.